The second-order valence-corrected chi connectivity index (χ2v) is 4.74. The first-order chi connectivity index (χ1) is 7.13. The van der Waals surface area contributed by atoms with Gasteiger partial charge in [0.2, 0.25) is 0 Å². The minimum atomic E-state index is 0.682. The van der Waals surface area contributed by atoms with Crippen LogP contribution in [0.15, 0.2) is 0 Å². The summed E-state index contributed by atoms with van der Waals surface area (Å²) >= 11 is 6.21. The molecule has 15 heavy (non-hydrogen) atoms. The van der Waals surface area contributed by atoms with E-state index >= 15 is 0 Å². The second kappa shape index (κ2) is 4.14. The zero-order valence-corrected chi connectivity index (χ0v) is 10.3. The van der Waals surface area contributed by atoms with Crippen LogP contribution in [-0.4, -0.2) is 15.8 Å². The summed E-state index contributed by atoms with van der Waals surface area (Å²) in [4.78, 5) is 0. The lowest BCUT2D eigenvalue weighted by Crippen LogP contribution is -2.19. The van der Waals surface area contributed by atoms with E-state index in [4.69, 9.17) is 11.6 Å². The Hall–Kier alpha value is -0.540. The van der Waals surface area contributed by atoms with Crippen molar-refractivity contribution < 1.29 is 0 Å². The van der Waals surface area contributed by atoms with E-state index in [9.17, 15) is 0 Å². The van der Waals surface area contributed by atoms with Gasteiger partial charge in [-0.15, -0.1) is 0 Å². The molecule has 0 saturated heterocycles. The fourth-order valence-electron chi connectivity index (χ4n) is 1.87. The van der Waals surface area contributed by atoms with Crippen molar-refractivity contribution in [3.8, 4) is 0 Å². The van der Waals surface area contributed by atoms with Gasteiger partial charge in [-0.1, -0.05) is 18.5 Å². The van der Waals surface area contributed by atoms with Gasteiger partial charge in [-0.3, -0.25) is 4.68 Å². The fraction of sp³-hybridized carbons (Fsp3) is 0.727. The molecule has 2 atom stereocenters. The van der Waals surface area contributed by atoms with Crippen molar-refractivity contribution in [2.45, 2.75) is 46.3 Å². The fourth-order valence-corrected chi connectivity index (χ4v) is 2.07. The average Bonchev–Trinajstić information content (AvgIpc) is 2.84. The molecule has 1 aliphatic rings. The Labute approximate surface area is 95.8 Å². The molecule has 1 aromatic rings. The van der Waals surface area contributed by atoms with E-state index in [1.165, 1.54) is 6.42 Å². The Bertz CT molecular complexity index is 359. The molecular weight excluding hydrogens is 210 g/mol. The van der Waals surface area contributed by atoms with E-state index < -0.39 is 0 Å². The van der Waals surface area contributed by atoms with Gasteiger partial charge in [-0.25, -0.2) is 0 Å². The van der Waals surface area contributed by atoms with Gasteiger partial charge in [-0.2, -0.15) is 5.10 Å². The molecule has 3 nitrogen and oxygen atoms in total. The molecule has 0 aliphatic heterocycles. The lowest BCUT2D eigenvalue weighted by Gasteiger charge is -2.06. The lowest BCUT2D eigenvalue weighted by atomic mass is 10.3. The van der Waals surface area contributed by atoms with Crippen LogP contribution in [-0.2, 0) is 13.1 Å². The van der Waals surface area contributed by atoms with Crippen LogP contribution in [0.2, 0.25) is 5.02 Å². The van der Waals surface area contributed by atoms with Gasteiger partial charge in [0.05, 0.1) is 16.4 Å². The summed E-state index contributed by atoms with van der Waals surface area (Å²) in [7, 11) is 0. The smallest absolute Gasteiger partial charge is 0.0860 e. The third-order valence-electron chi connectivity index (χ3n) is 3.09. The van der Waals surface area contributed by atoms with Gasteiger partial charge in [0.25, 0.3) is 0 Å². The van der Waals surface area contributed by atoms with Crippen molar-refractivity contribution in [1.82, 2.24) is 15.1 Å². The number of halogens is 1. The number of aromatic nitrogens is 2. The third kappa shape index (κ3) is 2.18. The molecule has 1 N–H and O–H groups in total. The molecule has 1 aliphatic carbocycles. The number of nitrogens with one attached hydrogen (secondary N) is 1. The molecule has 0 bridgehead atoms. The van der Waals surface area contributed by atoms with Gasteiger partial charge in [0.15, 0.2) is 0 Å². The van der Waals surface area contributed by atoms with Crippen LogP contribution in [0.25, 0.3) is 0 Å². The quantitative estimate of drug-likeness (QED) is 0.856. The Kier molecular flexibility index (Phi) is 3.03. The maximum absolute atomic E-state index is 6.21. The predicted molar refractivity (Wildman–Crippen MR) is 62.1 cm³/mol. The third-order valence-corrected chi connectivity index (χ3v) is 3.59. The summed E-state index contributed by atoms with van der Waals surface area (Å²) in [5, 5.41) is 8.71. The molecule has 84 valence electrons. The van der Waals surface area contributed by atoms with Crippen molar-refractivity contribution >= 4 is 11.6 Å². The molecule has 1 aromatic heterocycles. The van der Waals surface area contributed by atoms with Gasteiger partial charge in [0, 0.05) is 19.1 Å². The molecule has 0 aromatic carbocycles. The van der Waals surface area contributed by atoms with E-state index in [0.29, 0.717) is 6.04 Å². The number of rotatable bonds is 4. The van der Waals surface area contributed by atoms with Gasteiger partial charge >= 0.3 is 0 Å². The van der Waals surface area contributed by atoms with Crippen molar-refractivity contribution in [2.24, 2.45) is 5.92 Å². The number of hydrogen-bond donors (Lipinski definition) is 1. The first-order valence-corrected chi connectivity index (χ1v) is 5.96. The van der Waals surface area contributed by atoms with E-state index in [2.05, 4.69) is 24.3 Å². The lowest BCUT2D eigenvalue weighted by molar-refractivity contribution is 0.569. The molecule has 4 heteroatoms. The van der Waals surface area contributed by atoms with Crippen LogP contribution in [0.4, 0.5) is 0 Å². The molecule has 1 saturated carbocycles. The summed E-state index contributed by atoms with van der Waals surface area (Å²) < 4.78 is 1.98. The number of hydrogen-bond acceptors (Lipinski definition) is 2. The van der Waals surface area contributed by atoms with Crippen LogP contribution in [0.1, 0.15) is 31.7 Å². The second-order valence-electron chi connectivity index (χ2n) is 4.36. The standard InChI is InChI=1S/C11H18ClN3/c1-4-15-10(11(12)8(3)14-15)6-13-9-5-7(9)2/h7,9,13H,4-6H2,1-3H3. The Morgan fingerprint density at radius 3 is 2.80 bits per heavy atom. The van der Waals surface area contributed by atoms with Crippen molar-refractivity contribution in [3.63, 3.8) is 0 Å². The molecule has 1 fully saturated rings. The molecule has 0 radical (unpaired) electrons. The van der Waals surface area contributed by atoms with Gasteiger partial charge in [0.1, 0.15) is 0 Å². The summed E-state index contributed by atoms with van der Waals surface area (Å²) in [6.07, 6.45) is 1.29. The Morgan fingerprint density at radius 2 is 2.27 bits per heavy atom. The van der Waals surface area contributed by atoms with Crippen LogP contribution in [0.3, 0.4) is 0 Å². The summed E-state index contributed by atoms with van der Waals surface area (Å²) in [5.41, 5.74) is 2.05. The minimum Gasteiger partial charge on any atom is -0.308 e. The number of nitrogens with zero attached hydrogens (tertiary/aromatic N) is 2. The molecule has 1 heterocycles. The first kappa shape index (κ1) is 11.0. The highest BCUT2D eigenvalue weighted by atomic mass is 35.5. The van der Waals surface area contributed by atoms with E-state index in [1.54, 1.807) is 0 Å². The van der Waals surface area contributed by atoms with E-state index in [-0.39, 0.29) is 0 Å². The molecule has 2 rings (SSSR count). The monoisotopic (exact) mass is 227 g/mol. The SMILES string of the molecule is CCn1nc(C)c(Cl)c1CNC1CC1C. The summed E-state index contributed by atoms with van der Waals surface area (Å²) in [6, 6.07) is 0.682. The summed E-state index contributed by atoms with van der Waals surface area (Å²) in [6.45, 7) is 8.03. The van der Waals surface area contributed by atoms with Crippen LogP contribution >= 0.6 is 11.6 Å². The van der Waals surface area contributed by atoms with E-state index in [0.717, 1.165) is 35.4 Å². The Balaban J connectivity index is 2.05. The normalized spacial score (nSPS) is 24.5. The van der Waals surface area contributed by atoms with Crippen molar-refractivity contribution in [3.05, 3.63) is 16.4 Å². The summed E-state index contributed by atoms with van der Waals surface area (Å²) in [5.74, 6) is 0.822. The average molecular weight is 228 g/mol. The Morgan fingerprint density at radius 1 is 1.60 bits per heavy atom. The first-order valence-electron chi connectivity index (χ1n) is 5.58. The molecular formula is C11H18ClN3. The molecule has 2 unspecified atom stereocenters. The highest BCUT2D eigenvalue weighted by Crippen LogP contribution is 2.30. The van der Waals surface area contributed by atoms with Crippen molar-refractivity contribution in [1.29, 1.82) is 0 Å². The largest absolute Gasteiger partial charge is 0.308 e. The van der Waals surface area contributed by atoms with Gasteiger partial charge < -0.3 is 5.32 Å². The minimum absolute atomic E-state index is 0.682. The highest BCUT2D eigenvalue weighted by molar-refractivity contribution is 6.31. The van der Waals surface area contributed by atoms with Crippen molar-refractivity contribution in [2.75, 3.05) is 0 Å². The van der Waals surface area contributed by atoms with E-state index in [1.807, 2.05) is 11.6 Å². The zero-order chi connectivity index (χ0) is 11.0. The predicted octanol–water partition coefficient (Wildman–Crippen LogP) is 2.36. The highest BCUT2D eigenvalue weighted by Gasteiger charge is 2.32. The topological polar surface area (TPSA) is 29.9 Å². The van der Waals surface area contributed by atoms with Crippen LogP contribution in [0.5, 0.6) is 0 Å². The number of aryl methyl sites for hydroxylation is 2. The van der Waals surface area contributed by atoms with Gasteiger partial charge in [-0.05, 0) is 26.2 Å². The zero-order valence-electron chi connectivity index (χ0n) is 9.55. The molecule has 0 amide bonds. The van der Waals surface area contributed by atoms with Crippen LogP contribution in [0, 0.1) is 12.8 Å². The maximum atomic E-state index is 6.21. The maximum Gasteiger partial charge on any atom is 0.0860 e. The van der Waals surface area contributed by atoms with Crippen LogP contribution < -0.4 is 5.32 Å². The molecule has 0 spiro atoms.